The summed E-state index contributed by atoms with van der Waals surface area (Å²) in [7, 11) is 0. The predicted octanol–water partition coefficient (Wildman–Crippen LogP) is 5.91. The van der Waals surface area contributed by atoms with Crippen LogP contribution in [0, 0.1) is 11.3 Å². The lowest BCUT2D eigenvalue weighted by Gasteiger charge is -2.38. The maximum Gasteiger partial charge on any atom is 0.318 e. The highest BCUT2D eigenvalue weighted by Crippen LogP contribution is 2.34. The summed E-state index contributed by atoms with van der Waals surface area (Å²) in [5.74, 6) is 1.23. The monoisotopic (exact) mass is 564 g/mol. The number of benzene rings is 1. The molecule has 3 fully saturated rings. The molecule has 7 nitrogen and oxygen atoms in total. The number of likely N-dealkylation sites (tertiary alicyclic amines) is 1. The quantitative estimate of drug-likeness (QED) is 0.343. The molecule has 3 aliphatic rings. The summed E-state index contributed by atoms with van der Waals surface area (Å²) >= 11 is 6.49. The van der Waals surface area contributed by atoms with Gasteiger partial charge in [-0.2, -0.15) is 15.2 Å². The van der Waals surface area contributed by atoms with Crippen LogP contribution in [0.1, 0.15) is 88.0 Å². The van der Waals surface area contributed by atoms with E-state index >= 15 is 0 Å². The molecule has 1 aliphatic carbocycles. The van der Waals surface area contributed by atoms with E-state index in [1.54, 1.807) is 0 Å². The van der Waals surface area contributed by atoms with Crippen molar-refractivity contribution < 1.29 is 4.74 Å². The van der Waals surface area contributed by atoms with Crippen molar-refractivity contribution in [2.45, 2.75) is 102 Å². The maximum atomic E-state index is 9.34. The number of rotatable bonds is 12. The van der Waals surface area contributed by atoms with Crippen LogP contribution in [0.3, 0.4) is 0 Å². The van der Waals surface area contributed by atoms with E-state index in [0.717, 1.165) is 67.9 Å². The van der Waals surface area contributed by atoms with Crippen LogP contribution in [0.5, 0.6) is 6.01 Å². The molecular weight excluding hydrogens is 520 g/mol. The van der Waals surface area contributed by atoms with Gasteiger partial charge in [0.2, 0.25) is 0 Å². The van der Waals surface area contributed by atoms with Gasteiger partial charge in [-0.1, -0.05) is 56.5 Å². The van der Waals surface area contributed by atoms with Crippen molar-refractivity contribution in [3.05, 3.63) is 46.1 Å². The first-order valence-electron chi connectivity index (χ1n) is 15.4. The molecule has 2 saturated heterocycles. The minimum Gasteiger partial charge on any atom is -0.462 e. The van der Waals surface area contributed by atoms with Crippen molar-refractivity contribution in [1.82, 2.24) is 20.2 Å². The molecular formula is C32H45ClN6O. The molecule has 3 atom stereocenters. The number of nitrogens with zero attached hydrogens (tertiary/aromatic N) is 5. The Bertz CT molecular complexity index is 1160. The average molecular weight is 565 g/mol. The van der Waals surface area contributed by atoms with Crippen LogP contribution in [0.15, 0.2) is 24.3 Å². The van der Waals surface area contributed by atoms with E-state index < -0.39 is 0 Å². The van der Waals surface area contributed by atoms with E-state index in [1.165, 1.54) is 49.8 Å². The lowest BCUT2D eigenvalue weighted by molar-refractivity contribution is 0.0822. The third kappa shape index (κ3) is 6.90. The first-order chi connectivity index (χ1) is 19.6. The number of aromatic nitrogens is 2. The summed E-state index contributed by atoms with van der Waals surface area (Å²) in [6.07, 6.45) is 10.7. The molecule has 0 spiro atoms. The largest absolute Gasteiger partial charge is 0.462 e. The Morgan fingerprint density at radius 1 is 1.15 bits per heavy atom. The second-order valence-electron chi connectivity index (χ2n) is 11.9. The van der Waals surface area contributed by atoms with Gasteiger partial charge in [0.05, 0.1) is 18.2 Å². The van der Waals surface area contributed by atoms with Gasteiger partial charge < -0.3 is 15.0 Å². The molecule has 3 unspecified atom stereocenters. The van der Waals surface area contributed by atoms with Gasteiger partial charge in [0.25, 0.3) is 0 Å². The van der Waals surface area contributed by atoms with Gasteiger partial charge in [0.15, 0.2) is 0 Å². The van der Waals surface area contributed by atoms with Crippen molar-refractivity contribution in [3.63, 3.8) is 0 Å². The van der Waals surface area contributed by atoms with Crippen molar-refractivity contribution >= 4 is 17.4 Å². The van der Waals surface area contributed by atoms with Crippen LogP contribution < -0.4 is 15.0 Å². The second kappa shape index (κ2) is 14.0. The molecule has 0 amide bonds. The van der Waals surface area contributed by atoms with Crippen molar-refractivity contribution in [3.8, 4) is 12.1 Å². The molecule has 216 valence electrons. The van der Waals surface area contributed by atoms with Gasteiger partial charge in [0.1, 0.15) is 12.4 Å². The lowest BCUT2D eigenvalue weighted by atomic mass is 9.91. The van der Waals surface area contributed by atoms with E-state index in [0.29, 0.717) is 25.1 Å². The Labute approximate surface area is 245 Å². The number of ether oxygens (including phenoxy) is 1. The Morgan fingerprint density at radius 3 is 2.75 bits per heavy atom. The number of halogens is 1. The lowest BCUT2D eigenvalue weighted by Crippen LogP contribution is -2.51. The van der Waals surface area contributed by atoms with Crippen molar-refractivity contribution in [1.29, 1.82) is 5.26 Å². The van der Waals surface area contributed by atoms with Gasteiger partial charge in [-0.3, -0.25) is 4.90 Å². The van der Waals surface area contributed by atoms with E-state index in [9.17, 15) is 5.26 Å². The minimum atomic E-state index is 0.142. The second-order valence-corrected chi connectivity index (χ2v) is 12.3. The first-order valence-corrected chi connectivity index (χ1v) is 15.8. The number of aryl methyl sites for hydroxylation is 1. The summed E-state index contributed by atoms with van der Waals surface area (Å²) in [6, 6.07) is 12.3. The number of nitrogens with one attached hydrogen (secondary N) is 1. The fraction of sp³-hybridized carbons (Fsp3) is 0.656. The predicted molar refractivity (Wildman–Crippen MR) is 161 cm³/mol. The van der Waals surface area contributed by atoms with Gasteiger partial charge >= 0.3 is 6.01 Å². The summed E-state index contributed by atoms with van der Waals surface area (Å²) in [4.78, 5) is 15.2. The van der Waals surface area contributed by atoms with E-state index in [2.05, 4.69) is 47.2 Å². The summed E-state index contributed by atoms with van der Waals surface area (Å²) in [5, 5.41) is 13.7. The van der Waals surface area contributed by atoms with Gasteiger partial charge in [-0.25, -0.2) is 0 Å². The number of hydrogen-bond donors (Lipinski definition) is 1. The molecule has 0 bridgehead atoms. The molecule has 1 saturated carbocycles. The number of piperazine rings is 1. The molecule has 2 aromatic rings. The molecule has 1 N–H and O–H groups in total. The summed E-state index contributed by atoms with van der Waals surface area (Å²) < 4.78 is 6.47. The van der Waals surface area contributed by atoms with E-state index in [4.69, 9.17) is 26.3 Å². The smallest absolute Gasteiger partial charge is 0.318 e. The maximum absolute atomic E-state index is 9.34. The first kappa shape index (κ1) is 29.1. The number of anilines is 1. The third-order valence-corrected chi connectivity index (χ3v) is 9.40. The van der Waals surface area contributed by atoms with Crippen LogP contribution >= 0.6 is 11.6 Å². The Hall–Kier alpha value is -2.40. The van der Waals surface area contributed by atoms with Crippen molar-refractivity contribution in [2.75, 3.05) is 37.7 Å². The molecule has 40 heavy (non-hydrogen) atoms. The van der Waals surface area contributed by atoms with Crippen molar-refractivity contribution in [2.24, 2.45) is 0 Å². The summed E-state index contributed by atoms with van der Waals surface area (Å²) in [6.45, 7) is 8.80. The van der Waals surface area contributed by atoms with Crippen LogP contribution in [-0.4, -0.2) is 65.8 Å². The standard InChI is InChI=1S/C32H45ClN6O/c1-3-8-28-30(23(2)14-15-24-9-4-5-13-29(24)33)36-32(37-31(28)38-20-18-35-25(21-38)16-17-34)40-22-27-12-7-19-39(27)26-10-6-11-26/h4-5,9,13,23,25-27,35H,3,6-8,10-12,14-16,18-22H2,1-2H3. The zero-order valence-electron chi connectivity index (χ0n) is 24.2. The average Bonchev–Trinajstić information content (AvgIpc) is 3.39. The van der Waals surface area contributed by atoms with Crippen LogP contribution in [0.4, 0.5) is 5.82 Å². The zero-order valence-corrected chi connectivity index (χ0v) is 25.0. The Kier molecular flexibility index (Phi) is 10.2. The highest BCUT2D eigenvalue weighted by molar-refractivity contribution is 6.31. The van der Waals surface area contributed by atoms with Crippen LogP contribution in [-0.2, 0) is 12.8 Å². The molecule has 1 aromatic carbocycles. The number of hydrogen-bond acceptors (Lipinski definition) is 7. The molecule has 8 heteroatoms. The fourth-order valence-electron chi connectivity index (χ4n) is 6.57. The third-order valence-electron chi connectivity index (χ3n) is 9.03. The highest BCUT2D eigenvalue weighted by Gasteiger charge is 2.34. The normalized spacial score (nSPS) is 22.6. The van der Waals surface area contributed by atoms with Gasteiger partial charge in [-0.15, -0.1) is 0 Å². The topological polar surface area (TPSA) is 77.3 Å². The molecule has 2 aliphatic heterocycles. The van der Waals surface area contributed by atoms with Crippen LogP contribution in [0.25, 0.3) is 0 Å². The van der Waals surface area contributed by atoms with Gasteiger partial charge in [0, 0.05) is 48.3 Å². The number of nitriles is 1. The SMILES string of the molecule is CCCc1c(C(C)CCc2ccccc2Cl)nc(OCC2CCCN2C2CCC2)nc1N1CCNC(CC#N)C1. The van der Waals surface area contributed by atoms with E-state index in [1.807, 2.05) is 12.1 Å². The molecule has 1 aromatic heterocycles. The Morgan fingerprint density at radius 2 is 2.00 bits per heavy atom. The van der Waals surface area contributed by atoms with Crippen LogP contribution in [0.2, 0.25) is 5.02 Å². The summed E-state index contributed by atoms with van der Waals surface area (Å²) in [5.41, 5.74) is 3.51. The molecule has 3 heterocycles. The minimum absolute atomic E-state index is 0.142. The molecule has 0 radical (unpaired) electrons. The Balaban J connectivity index is 1.41. The zero-order chi connectivity index (χ0) is 27.9. The van der Waals surface area contributed by atoms with Gasteiger partial charge in [-0.05, 0) is 69.0 Å². The molecule has 5 rings (SSSR count). The fourth-order valence-corrected chi connectivity index (χ4v) is 6.80. The highest BCUT2D eigenvalue weighted by atomic mass is 35.5. The van der Waals surface area contributed by atoms with E-state index in [-0.39, 0.29) is 12.0 Å².